The summed E-state index contributed by atoms with van der Waals surface area (Å²) in [5, 5.41) is 11.7. The number of nitrogens with zero attached hydrogens (tertiary/aromatic N) is 1. The topological polar surface area (TPSA) is 133 Å². The predicted molar refractivity (Wildman–Crippen MR) is 86.5 cm³/mol. The van der Waals surface area contributed by atoms with Crippen LogP contribution in [-0.2, 0) is 24.2 Å². The number of benzene rings is 1. The predicted octanol–water partition coefficient (Wildman–Crippen LogP) is 0.967. The molecule has 2 atom stereocenters. The van der Waals surface area contributed by atoms with Gasteiger partial charge in [0.1, 0.15) is 0 Å². The third-order valence-corrected chi connectivity index (χ3v) is 5.81. The first kappa shape index (κ1) is 18.8. The number of carbonyl (C=O) groups excluding carboxylic acids is 2. The molecule has 136 valence electrons. The third kappa shape index (κ3) is 4.53. The van der Waals surface area contributed by atoms with Gasteiger partial charge in [0.2, 0.25) is 0 Å². The Labute approximate surface area is 144 Å². The van der Waals surface area contributed by atoms with E-state index < -0.39 is 38.0 Å². The van der Waals surface area contributed by atoms with Crippen molar-refractivity contribution in [3.63, 3.8) is 0 Å². The van der Waals surface area contributed by atoms with Gasteiger partial charge in [-0.25, -0.2) is 8.42 Å². The Morgan fingerprint density at radius 2 is 1.80 bits per heavy atom. The Kier molecular flexibility index (Phi) is 5.41. The van der Waals surface area contributed by atoms with Crippen LogP contribution in [0.25, 0.3) is 0 Å². The molecule has 1 saturated carbocycles. The zero-order chi connectivity index (χ0) is 18.8. The number of hydrogen-bond donors (Lipinski definition) is 1. The molecule has 0 aliphatic heterocycles. The van der Waals surface area contributed by atoms with Crippen molar-refractivity contribution < 1.29 is 27.7 Å². The minimum atomic E-state index is -4.09. The van der Waals surface area contributed by atoms with Gasteiger partial charge in [-0.2, -0.15) is 0 Å². The van der Waals surface area contributed by atoms with Crippen molar-refractivity contribution in [3.8, 4) is 0 Å². The highest BCUT2D eigenvalue weighted by atomic mass is 32.2. The molecule has 9 nitrogen and oxygen atoms in total. The monoisotopic (exact) mass is 370 g/mol. The first-order chi connectivity index (χ1) is 11.6. The van der Waals surface area contributed by atoms with E-state index in [0.717, 1.165) is 44.0 Å². The van der Waals surface area contributed by atoms with Crippen molar-refractivity contribution in [2.45, 2.75) is 49.0 Å². The molecular weight excluding hydrogens is 352 g/mol. The third-order valence-electron chi connectivity index (χ3n) is 3.76. The maximum Gasteiger partial charge on any atom is 0.325 e. The Morgan fingerprint density at radius 1 is 1.24 bits per heavy atom. The van der Waals surface area contributed by atoms with E-state index in [9.17, 15) is 28.1 Å². The molecule has 0 unspecified atom stereocenters. The number of sulfone groups is 1. The molecule has 1 aromatic carbocycles. The highest BCUT2D eigenvalue weighted by Crippen LogP contribution is 2.21. The van der Waals surface area contributed by atoms with E-state index in [1.54, 1.807) is 0 Å². The summed E-state index contributed by atoms with van der Waals surface area (Å²) in [4.78, 5) is 33.6. The fraction of sp³-hybridized carbons (Fsp3) is 0.467. The Hall–Kier alpha value is -2.49. The van der Waals surface area contributed by atoms with Gasteiger partial charge in [0.15, 0.2) is 21.2 Å². The van der Waals surface area contributed by atoms with Crippen LogP contribution in [0.4, 0.5) is 5.69 Å². The minimum absolute atomic E-state index is 0.0925. The molecule has 10 heteroatoms. The van der Waals surface area contributed by atoms with Crippen LogP contribution in [0.15, 0.2) is 29.2 Å². The van der Waals surface area contributed by atoms with Crippen molar-refractivity contribution in [2.24, 2.45) is 0 Å². The van der Waals surface area contributed by atoms with Crippen molar-refractivity contribution in [2.75, 3.05) is 0 Å². The van der Waals surface area contributed by atoms with Crippen molar-refractivity contribution in [3.05, 3.63) is 34.4 Å². The van der Waals surface area contributed by atoms with Crippen LogP contribution in [0.2, 0.25) is 0 Å². The van der Waals surface area contributed by atoms with Gasteiger partial charge < -0.3 is 10.1 Å². The first-order valence-corrected chi connectivity index (χ1v) is 9.16. The second kappa shape index (κ2) is 7.18. The largest absolute Gasteiger partial charge is 0.452 e. The molecule has 0 saturated heterocycles. The van der Waals surface area contributed by atoms with Crippen LogP contribution in [-0.4, -0.2) is 42.6 Å². The lowest BCUT2D eigenvalue weighted by atomic mass is 10.3. The van der Waals surface area contributed by atoms with Gasteiger partial charge in [-0.15, -0.1) is 0 Å². The van der Waals surface area contributed by atoms with Crippen molar-refractivity contribution >= 4 is 27.4 Å². The SMILES string of the molecule is C[C@H](OC(=O)[C@H](C)S(=O)(=O)c1ccc([N+](=O)[O-])cc1)C(=O)NC1CC1. The van der Waals surface area contributed by atoms with E-state index in [0.29, 0.717) is 0 Å². The normalized spacial score (nSPS) is 16.6. The molecule has 2 rings (SSSR count). The number of hydrogen-bond acceptors (Lipinski definition) is 7. The average molecular weight is 370 g/mol. The molecule has 0 aromatic heterocycles. The lowest BCUT2D eigenvalue weighted by Crippen LogP contribution is -2.40. The Balaban J connectivity index is 2.05. The summed E-state index contributed by atoms with van der Waals surface area (Å²) in [7, 11) is -4.09. The zero-order valence-corrected chi connectivity index (χ0v) is 14.5. The summed E-state index contributed by atoms with van der Waals surface area (Å²) in [6.07, 6.45) is 0.636. The van der Waals surface area contributed by atoms with Crippen LogP contribution in [0.1, 0.15) is 26.7 Å². The van der Waals surface area contributed by atoms with E-state index in [-0.39, 0.29) is 16.6 Å². The van der Waals surface area contributed by atoms with E-state index >= 15 is 0 Å². The standard InChI is InChI=1S/C15H18N2O7S/c1-9(14(18)16-11-3-4-11)24-15(19)10(2)25(22,23)13-7-5-12(6-8-13)17(20)21/h5-11H,3-4H2,1-2H3,(H,16,18)/t9-,10-/m0/s1. The van der Waals surface area contributed by atoms with Gasteiger partial charge in [-0.1, -0.05) is 0 Å². The molecule has 1 aromatic rings. The van der Waals surface area contributed by atoms with Crippen LogP contribution in [0, 0.1) is 10.1 Å². The van der Waals surface area contributed by atoms with E-state index in [4.69, 9.17) is 4.74 Å². The van der Waals surface area contributed by atoms with Gasteiger partial charge in [0.25, 0.3) is 11.6 Å². The highest BCUT2D eigenvalue weighted by Gasteiger charge is 2.34. The molecular formula is C15H18N2O7S. The number of esters is 1. The fourth-order valence-corrected chi connectivity index (χ4v) is 3.19. The summed E-state index contributed by atoms with van der Waals surface area (Å²) in [6, 6.07) is 4.28. The van der Waals surface area contributed by atoms with Gasteiger partial charge in [-0.3, -0.25) is 19.7 Å². The van der Waals surface area contributed by atoms with Crippen molar-refractivity contribution in [1.29, 1.82) is 0 Å². The van der Waals surface area contributed by atoms with Crippen molar-refractivity contribution in [1.82, 2.24) is 5.32 Å². The average Bonchev–Trinajstić information content (AvgIpc) is 3.37. The molecule has 1 fully saturated rings. The molecule has 0 radical (unpaired) electrons. The maximum absolute atomic E-state index is 12.4. The second-order valence-corrected chi connectivity index (χ2v) is 8.07. The molecule has 1 amide bonds. The van der Waals surface area contributed by atoms with Crippen LogP contribution in [0.5, 0.6) is 0 Å². The number of nitrogens with one attached hydrogen (secondary N) is 1. The number of rotatable bonds is 7. The number of amides is 1. The van der Waals surface area contributed by atoms with Crippen LogP contribution < -0.4 is 5.32 Å². The van der Waals surface area contributed by atoms with Crippen LogP contribution in [0.3, 0.4) is 0 Å². The smallest absolute Gasteiger partial charge is 0.325 e. The van der Waals surface area contributed by atoms with Gasteiger partial charge in [0, 0.05) is 18.2 Å². The molecule has 1 aliphatic rings. The van der Waals surface area contributed by atoms with Gasteiger partial charge >= 0.3 is 5.97 Å². The maximum atomic E-state index is 12.4. The van der Waals surface area contributed by atoms with Crippen LogP contribution >= 0.6 is 0 Å². The summed E-state index contributed by atoms with van der Waals surface area (Å²) in [6.45, 7) is 2.51. The Morgan fingerprint density at radius 3 is 2.28 bits per heavy atom. The fourth-order valence-electron chi connectivity index (χ4n) is 1.96. The van der Waals surface area contributed by atoms with E-state index in [2.05, 4.69) is 5.32 Å². The van der Waals surface area contributed by atoms with E-state index in [1.165, 1.54) is 6.92 Å². The number of non-ortho nitro benzene ring substituents is 1. The number of carbonyl (C=O) groups is 2. The number of nitro groups is 1. The molecule has 25 heavy (non-hydrogen) atoms. The summed E-state index contributed by atoms with van der Waals surface area (Å²) < 4.78 is 29.8. The molecule has 0 spiro atoms. The first-order valence-electron chi connectivity index (χ1n) is 7.62. The quantitative estimate of drug-likeness (QED) is 0.429. The highest BCUT2D eigenvalue weighted by molar-refractivity contribution is 7.92. The molecule has 0 heterocycles. The van der Waals surface area contributed by atoms with Gasteiger partial charge in [-0.05, 0) is 38.8 Å². The lowest BCUT2D eigenvalue weighted by Gasteiger charge is -2.17. The van der Waals surface area contributed by atoms with E-state index in [1.807, 2.05) is 0 Å². The molecule has 1 aliphatic carbocycles. The summed E-state index contributed by atoms with van der Waals surface area (Å²) in [5.74, 6) is -1.53. The number of ether oxygens (including phenoxy) is 1. The zero-order valence-electron chi connectivity index (χ0n) is 13.7. The van der Waals surface area contributed by atoms with Gasteiger partial charge in [0.05, 0.1) is 9.82 Å². The summed E-state index contributed by atoms with van der Waals surface area (Å²) in [5.41, 5.74) is -0.264. The molecule has 0 bridgehead atoms. The summed E-state index contributed by atoms with van der Waals surface area (Å²) >= 11 is 0. The second-order valence-electron chi connectivity index (χ2n) is 5.80. The lowest BCUT2D eigenvalue weighted by molar-refractivity contribution is -0.384. The minimum Gasteiger partial charge on any atom is -0.452 e. The number of nitro benzene ring substituents is 1. The molecule has 1 N–H and O–H groups in total. The Bertz CT molecular complexity index is 785.